The fourth-order valence-electron chi connectivity index (χ4n) is 0.517. The van der Waals surface area contributed by atoms with Crippen molar-refractivity contribution in [2.24, 2.45) is 0 Å². The Labute approximate surface area is 54.1 Å². The highest BCUT2D eigenvalue weighted by Crippen LogP contribution is 2.00. The summed E-state index contributed by atoms with van der Waals surface area (Å²) in [6.45, 7) is 8.30. The smallest absolute Gasteiger partial charge is 0.387 e. The van der Waals surface area contributed by atoms with Crippen molar-refractivity contribution >= 4 is 5.97 Å². The van der Waals surface area contributed by atoms with E-state index in [1.54, 1.807) is 0 Å². The van der Waals surface area contributed by atoms with E-state index in [4.69, 9.17) is 11.7 Å². The first-order valence-corrected chi connectivity index (χ1v) is 2.81. The van der Waals surface area contributed by atoms with Gasteiger partial charge in [0.05, 0.1) is 0 Å². The van der Waals surface area contributed by atoms with Gasteiger partial charge >= 0.3 is 12.0 Å². The summed E-state index contributed by atoms with van der Waals surface area (Å²) < 4.78 is 0. The molecule has 3 heteroatoms. The summed E-state index contributed by atoms with van der Waals surface area (Å²) in [5.74, 6) is -1.01. The van der Waals surface area contributed by atoms with E-state index in [0.717, 1.165) is 6.42 Å². The molecular weight excluding hydrogens is 118 g/mol. The highest BCUT2D eigenvalue weighted by Gasteiger charge is 2.19. The van der Waals surface area contributed by atoms with Crippen molar-refractivity contribution in [3.8, 4) is 0 Å². The molecule has 9 heavy (non-hydrogen) atoms. The van der Waals surface area contributed by atoms with E-state index >= 15 is 0 Å². The third kappa shape index (κ3) is 2.70. The molecule has 0 spiro atoms. The molecule has 0 aliphatic carbocycles. The van der Waals surface area contributed by atoms with Crippen LogP contribution in [0.2, 0.25) is 0 Å². The number of nitrogens with zero attached hydrogens (tertiary/aromatic N) is 1. The van der Waals surface area contributed by atoms with Gasteiger partial charge < -0.3 is 9.95 Å². The van der Waals surface area contributed by atoms with Gasteiger partial charge in [-0.15, -0.1) is 0 Å². The van der Waals surface area contributed by atoms with Gasteiger partial charge in [0.1, 0.15) is 0 Å². The fourth-order valence-corrected chi connectivity index (χ4v) is 0.517. The van der Waals surface area contributed by atoms with Crippen LogP contribution >= 0.6 is 0 Å². The van der Waals surface area contributed by atoms with Crippen molar-refractivity contribution < 1.29 is 9.90 Å². The molecule has 0 saturated heterocycles. The Bertz CT molecular complexity index is 136. The molecular formula is C6H9NO2. The second-order valence-corrected chi connectivity index (χ2v) is 1.77. The zero-order valence-corrected chi connectivity index (χ0v) is 5.29. The summed E-state index contributed by atoms with van der Waals surface area (Å²) in [5, 5.41) is 8.29. The van der Waals surface area contributed by atoms with Crippen LogP contribution in [-0.2, 0) is 4.79 Å². The fraction of sp³-hybridized carbons (Fsp3) is 0.667. The largest absolute Gasteiger partial charge is 0.476 e. The van der Waals surface area contributed by atoms with E-state index in [9.17, 15) is 4.79 Å². The molecule has 0 rings (SSSR count). The maximum absolute atomic E-state index is 10.1. The van der Waals surface area contributed by atoms with E-state index in [2.05, 4.69) is 4.85 Å². The average Bonchev–Trinajstić information content (AvgIpc) is 1.82. The molecule has 0 unspecified atom stereocenters. The highest BCUT2D eigenvalue weighted by atomic mass is 16.4. The SMILES string of the molecule is [C-]#[N+][C@@H](CCC)C(=O)O. The van der Waals surface area contributed by atoms with Crippen molar-refractivity contribution in [1.29, 1.82) is 0 Å². The van der Waals surface area contributed by atoms with Gasteiger partial charge in [-0.05, 0) is 6.42 Å². The van der Waals surface area contributed by atoms with Crippen LogP contribution < -0.4 is 0 Å². The lowest BCUT2D eigenvalue weighted by Crippen LogP contribution is -2.14. The lowest BCUT2D eigenvalue weighted by atomic mass is 10.2. The predicted molar refractivity (Wildman–Crippen MR) is 32.9 cm³/mol. The Morgan fingerprint density at radius 1 is 1.89 bits per heavy atom. The molecule has 0 radical (unpaired) electrons. The van der Waals surface area contributed by atoms with Crippen LogP contribution in [0.15, 0.2) is 0 Å². The minimum Gasteiger partial charge on any atom is -0.476 e. The van der Waals surface area contributed by atoms with Crippen molar-refractivity contribution in [3.05, 3.63) is 11.4 Å². The second kappa shape index (κ2) is 3.90. The zero-order valence-electron chi connectivity index (χ0n) is 5.29. The monoisotopic (exact) mass is 127 g/mol. The minimum atomic E-state index is -1.01. The van der Waals surface area contributed by atoms with Crippen LogP contribution in [0.3, 0.4) is 0 Å². The third-order valence-corrected chi connectivity index (χ3v) is 1.00. The first-order chi connectivity index (χ1) is 4.22. The van der Waals surface area contributed by atoms with Crippen molar-refractivity contribution in [3.63, 3.8) is 0 Å². The van der Waals surface area contributed by atoms with Crippen LogP contribution in [0.25, 0.3) is 4.85 Å². The minimum absolute atomic E-state index is 0.457. The van der Waals surface area contributed by atoms with Crippen LogP contribution in [0, 0.1) is 6.57 Å². The summed E-state index contributed by atoms with van der Waals surface area (Å²) in [6, 6.07) is -0.824. The van der Waals surface area contributed by atoms with Gasteiger partial charge in [0, 0.05) is 6.42 Å². The normalized spacial score (nSPS) is 12.0. The zero-order chi connectivity index (χ0) is 7.28. The lowest BCUT2D eigenvalue weighted by Gasteiger charge is -1.93. The van der Waals surface area contributed by atoms with Crippen LogP contribution in [-0.4, -0.2) is 17.1 Å². The van der Waals surface area contributed by atoms with E-state index < -0.39 is 12.0 Å². The number of rotatable bonds is 3. The molecule has 0 heterocycles. The molecule has 0 aliphatic heterocycles. The van der Waals surface area contributed by atoms with E-state index in [0.29, 0.717) is 6.42 Å². The second-order valence-electron chi connectivity index (χ2n) is 1.77. The van der Waals surface area contributed by atoms with Gasteiger partial charge in [-0.1, -0.05) is 6.92 Å². The maximum atomic E-state index is 10.1. The molecule has 3 nitrogen and oxygen atoms in total. The molecule has 0 amide bonds. The summed E-state index contributed by atoms with van der Waals surface area (Å²) in [7, 11) is 0. The van der Waals surface area contributed by atoms with Gasteiger partial charge in [0.25, 0.3) is 0 Å². The Kier molecular flexibility index (Phi) is 3.45. The van der Waals surface area contributed by atoms with Crippen molar-refractivity contribution in [2.45, 2.75) is 25.8 Å². The van der Waals surface area contributed by atoms with Gasteiger partial charge in [0.15, 0.2) is 0 Å². The first kappa shape index (κ1) is 7.96. The molecule has 1 atom stereocenters. The topological polar surface area (TPSA) is 41.7 Å². The Morgan fingerprint density at radius 3 is 2.56 bits per heavy atom. The Morgan fingerprint density at radius 2 is 2.44 bits per heavy atom. The number of aliphatic carboxylic acids is 1. The quantitative estimate of drug-likeness (QED) is 0.578. The molecule has 0 aromatic carbocycles. The van der Waals surface area contributed by atoms with Gasteiger partial charge in [-0.3, -0.25) is 0 Å². The Hall–Kier alpha value is -1.04. The third-order valence-electron chi connectivity index (χ3n) is 1.00. The summed E-state index contributed by atoms with van der Waals surface area (Å²) in [4.78, 5) is 13.0. The number of hydrogen-bond acceptors (Lipinski definition) is 1. The van der Waals surface area contributed by atoms with E-state index in [1.165, 1.54) is 0 Å². The first-order valence-electron chi connectivity index (χ1n) is 2.81. The standard InChI is InChI=1S/C6H9NO2/c1-3-4-5(7-2)6(8)9/h5H,3-4H2,1H3,(H,8,9)/t5-/m0/s1. The molecule has 1 N–H and O–H groups in total. The summed E-state index contributed by atoms with van der Waals surface area (Å²) in [6.07, 6.45) is 1.21. The molecule has 0 aromatic heterocycles. The summed E-state index contributed by atoms with van der Waals surface area (Å²) >= 11 is 0. The lowest BCUT2D eigenvalue weighted by molar-refractivity contribution is -0.137. The molecule has 50 valence electrons. The molecule has 0 fully saturated rings. The number of carboxylic acid groups (broad SMARTS) is 1. The van der Waals surface area contributed by atoms with E-state index in [1.807, 2.05) is 6.92 Å². The van der Waals surface area contributed by atoms with Gasteiger partial charge in [0.2, 0.25) is 0 Å². The average molecular weight is 127 g/mol. The van der Waals surface area contributed by atoms with Crippen LogP contribution in [0.5, 0.6) is 0 Å². The molecule has 0 saturated carbocycles. The number of carbonyl (C=O) groups is 1. The summed E-state index contributed by atoms with van der Waals surface area (Å²) in [5.41, 5.74) is 0. The molecule has 0 aliphatic rings. The van der Waals surface area contributed by atoms with Gasteiger partial charge in [-0.2, -0.15) is 0 Å². The molecule has 0 aromatic rings. The highest BCUT2D eigenvalue weighted by molar-refractivity contribution is 5.75. The maximum Gasteiger partial charge on any atom is 0.387 e. The Balaban J connectivity index is 3.72. The van der Waals surface area contributed by atoms with Crippen LogP contribution in [0.1, 0.15) is 19.8 Å². The van der Waals surface area contributed by atoms with Crippen molar-refractivity contribution in [2.75, 3.05) is 0 Å². The van der Waals surface area contributed by atoms with E-state index in [-0.39, 0.29) is 0 Å². The van der Waals surface area contributed by atoms with Gasteiger partial charge in [-0.25, -0.2) is 11.4 Å². The number of hydrogen-bond donors (Lipinski definition) is 1. The predicted octanol–water partition coefficient (Wildman–Crippen LogP) is 1.16. The number of carboxylic acids is 1. The van der Waals surface area contributed by atoms with Crippen molar-refractivity contribution in [1.82, 2.24) is 0 Å². The molecule has 0 bridgehead atoms. The van der Waals surface area contributed by atoms with Crippen LogP contribution in [0.4, 0.5) is 0 Å².